The van der Waals surface area contributed by atoms with Gasteiger partial charge in [0.1, 0.15) is 0 Å². The van der Waals surface area contributed by atoms with Gasteiger partial charge >= 0.3 is 5.97 Å². The summed E-state index contributed by atoms with van der Waals surface area (Å²) in [6.45, 7) is 3.73. The Balaban J connectivity index is 2.23. The lowest BCUT2D eigenvalue weighted by atomic mass is 10.0. The standard InChI is InChI=1S/C13H23NO3/c1-11(6-7-13(16)17)8-10-14-9-4-2-3-5-12(14)15/h11H,2-10H2,1H3,(H,16,17). The molecule has 17 heavy (non-hydrogen) atoms. The third kappa shape index (κ3) is 5.71. The summed E-state index contributed by atoms with van der Waals surface area (Å²) in [7, 11) is 0. The number of rotatable bonds is 6. The molecule has 4 nitrogen and oxygen atoms in total. The number of carbonyl (C=O) groups is 2. The predicted octanol–water partition coefficient (Wildman–Crippen LogP) is 2.28. The third-order valence-corrected chi connectivity index (χ3v) is 3.41. The number of likely N-dealkylation sites (tertiary alicyclic amines) is 1. The maximum Gasteiger partial charge on any atom is 0.303 e. The Kier molecular flexibility index (Phi) is 6.01. The van der Waals surface area contributed by atoms with Crippen molar-refractivity contribution in [2.75, 3.05) is 13.1 Å². The minimum Gasteiger partial charge on any atom is -0.481 e. The molecule has 1 aliphatic heterocycles. The molecule has 0 spiro atoms. The van der Waals surface area contributed by atoms with Gasteiger partial charge in [0, 0.05) is 25.9 Å². The first-order chi connectivity index (χ1) is 8.09. The van der Waals surface area contributed by atoms with Gasteiger partial charge in [0.25, 0.3) is 0 Å². The normalized spacial score (nSPS) is 18.9. The summed E-state index contributed by atoms with van der Waals surface area (Å²) < 4.78 is 0. The van der Waals surface area contributed by atoms with Crippen LogP contribution in [0.25, 0.3) is 0 Å². The lowest BCUT2D eigenvalue weighted by Gasteiger charge is -2.22. The SMILES string of the molecule is CC(CCC(=O)O)CCN1CCCCCC1=O. The molecular formula is C13H23NO3. The molecule has 1 fully saturated rings. The van der Waals surface area contributed by atoms with E-state index in [1.165, 1.54) is 0 Å². The molecule has 1 aliphatic rings. The zero-order chi connectivity index (χ0) is 12.7. The van der Waals surface area contributed by atoms with Gasteiger partial charge in [-0.05, 0) is 31.6 Å². The van der Waals surface area contributed by atoms with Crippen molar-refractivity contribution < 1.29 is 14.7 Å². The number of aliphatic carboxylic acids is 1. The van der Waals surface area contributed by atoms with Crippen molar-refractivity contribution in [1.82, 2.24) is 4.90 Å². The molecule has 0 aromatic heterocycles. The van der Waals surface area contributed by atoms with Crippen LogP contribution in [0, 0.1) is 5.92 Å². The maximum absolute atomic E-state index is 11.7. The molecule has 0 aromatic carbocycles. The van der Waals surface area contributed by atoms with E-state index in [0.717, 1.165) is 38.8 Å². The van der Waals surface area contributed by atoms with E-state index in [0.29, 0.717) is 18.8 Å². The molecule has 1 heterocycles. The highest BCUT2D eigenvalue weighted by atomic mass is 16.4. The van der Waals surface area contributed by atoms with E-state index in [4.69, 9.17) is 5.11 Å². The van der Waals surface area contributed by atoms with Gasteiger partial charge in [-0.2, -0.15) is 0 Å². The zero-order valence-corrected chi connectivity index (χ0v) is 10.7. The van der Waals surface area contributed by atoms with E-state index in [1.54, 1.807) is 0 Å². The van der Waals surface area contributed by atoms with E-state index in [-0.39, 0.29) is 12.3 Å². The van der Waals surface area contributed by atoms with Gasteiger partial charge in [-0.25, -0.2) is 0 Å². The molecule has 1 amide bonds. The minimum atomic E-state index is -0.734. The van der Waals surface area contributed by atoms with Crippen LogP contribution in [0.1, 0.15) is 51.9 Å². The Labute approximate surface area is 103 Å². The van der Waals surface area contributed by atoms with Crippen LogP contribution in [0.5, 0.6) is 0 Å². The van der Waals surface area contributed by atoms with Crippen molar-refractivity contribution in [1.29, 1.82) is 0 Å². The molecule has 0 aromatic rings. The van der Waals surface area contributed by atoms with E-state index in [9.17, 15) is 9.59 Å². The predicted molar refractivity (Wildman–Crippen MR) is 65.7 cm³/mol. The number of carbonyl (C=O) groups excluding carboxylic acids is 1. The fraction of sp³-hybridized carbons (Fsp3) is 0.846. The lowest BCUT2D eigenvalue weighted by molar-refractivity contribution is -0.137. The topological polar surface area (TPSA) is 57.6 Å². The number of hydrogen-bond acceptors (Lipinski definition) is 2. The first-order valence-corrected chi connectivity index (χ1v) is 6.59. The Hall–Kier alpha value is -1.06. The molecule has 98 valence electrons. The molecule has 4 heteroatoms. The quantitative estimate of drug-likeness (QED) is 0.776. The number of hydrogen-bond donors (Lipinski definition) is 1. The fourth-order valence-electron chi connectivity index (χ4n) is 2.17. The number of amides is 1. The Morgan fingerprint density at radius 3 is 2.82 bits per heavy atom. The van der Waals surface area contributed by atoms with Crippen LogP contribution in [0.2, 0.25) is 0 Å². The second-order valence-electron chi connectivity index (χ2n) is 5.02. The second kappa shape index (κ2) is 7.30. The van der Waals surface area contributed by atoms with Crippen LogP contribution in [0.15, 0.2) is 0 Å². The fourth-order valence-corrected chi connectivity index (χ4v) is 2.17. The summed E-state index contributed by atoms with van der Waals surface area (Å²) in [4.78, 5) is 24.1. The Morgan fingerprint density at radius 1 is 1.35 bits per heavy atom. The van der Waals surface area contributed by atoms with Gasteiger partial charge in [0.2, 0.25) is 5.91 Å². The Morgan fingerprint density at radius 2 is 2.12 bits per heavy atom. The van der Waals surface area contributed by atoms with E-state index in [2.05, 4.69) is 6.92 Å². The Bertz CT molecular complexity index is 265. The molecule has 0 aliphatic carbocycles. The van der Waals surface area contributed by atoms with Crippen molar-refractivity contribution in [3.63, 3.8) is 0 Å². The maximum atomic E-state index is 11.7. The minimum absolute atomic E-state index is 0.231. The molecule has 1 N–H and O–H groups in total. The highest BCUT2D eigenvalue weighted by Crippen LogP contribution is 2.15. The van der Waals surface area contributed by atoms with Crippen molar-refractivity contribution >= 4 is 11.9 Å². The largest absolute Gasteiger partial charge is 0.481 e. The molecular weight excluding hydrogens is 218 g/mol. The second-order valence-corrected chi connectivity index (χ2v) is 5.02. The van der Waals surface area contributed by atoms with Crippen molar-refractivity contribution in [3.05, 3.63) is 0 Å². The monoisotopic (exact) mass is 241 g/mol. The van der Waals surface area contributed by atoms with E-state index >= 15 is 0 Å². The van der Waals surface area contributed by atoms with Crippen LogP contribution in [-0.4, -0.2) is 35.0 Å². The molecule has 0 bridgehead atoms. The van der Waals surface area contributed by atoms with Gasteiger partial charge in [0.05, 0.1) is 0 Å². The van der Waals surface area contributed by atoms with Crippen LogP contribution >= 0.6 is 0 Å². The van der Waals surface area contributed by atoms with Crippen LogP contribution in [-0.2, 0) is 9.59 Å². The highest BCUT2D eigenvalue weighted by Gasteiger charge is 2.17. The van der Waals surface area contributed by atoms with Crippen LogP contribution in [0.4, 0.5) is 0 Å². The first-order valence-electron chi connectivity index (χ1n) is 6.59. The molecule has 0 saturated carbocycles. The summed E-state index contributed by atoms with van der Waals surface area (Å²) in [5, 5.41) is 8.59. The summed E-state index contributed by atoms with van der Waals surface area (Å²) in [6.07, 6.45) is 5.81. The number of carboxylic acid groups (broad SMARTS) is 1. The molecule has 1 rings (SSSR count). The lowest BCUT2D eigenvalue weighted by Crippen LogP contribution is -2.32. The van der Waals surface area contributed by atoms with Gasteiger partial charge in [-0.3, -0.25) is 9.59 Å². The molecule has 1 atom stereocenters. The van der Waals surface area contributed by atoms with Crippen LogP contribution < -0.4 is 0 Å². The molecule has 0 radical (unpaired) electrons. The van der Waals surface area contributed by atoms with Gasteiger partial charge in [-0.1, -0.05) is 13.3 Å². The van der Waals surface area contributed by atoms with Gasteiger partial charge in [-0.15, -0.1) is 0 Å². The number of nitrogens with zero attached hydrogens (tertiary/aromatic N) is 1. The van der Waals surface area contributed by atoms with Gasteiger partial charge < -0.3 is 10.0 Å². The first kappa shape index (κ1) is 14.0. The smallest absolute Gasteiger partial charge is 0.303 e. The summed E-state index contributed by atoms with van der Waals surface area (Å²) in [5.41, 5.74) is 0. The molecule has 1 saturated heterocycles. The number of carboxylic acids is 1. The highest BCUT2D eigenvalue weighted by molar-refractivity contribution is 5.76. The average molecular weight is 241 g/mol. The van der Waals surface area contributed by atoms with Crippen molar-refractivity contribution in [3.8, 4) is 0 Å². The zero-order valence-electron chi connectivity index (χ0n) is 10.7. The van der Waals surface area contributed by atoms with Crippen LogP contribution in [0.3, 0.4) is 0 Å². The van der Waals surface area contributed by atoms with Gasteiger partial charge in [0.15, 0.2) is 0 Å². The summed E-state index contributed by atoms with van der Waals surface area (Å²) in [6, 6.07) is 0. The van der Waals surface area contributed by atoms with E-state index in [1.807, 2.05) is 4.90 Å². The summed E-state index contributed by atoms with van der Waals surface area (Å²) >= 11 is 0. The van der Waals surface area contributed by atoms with E-state index < -0.39 is 5.97 Å². The average Bonchev–Trinajstić information content (AvgIpc) is 2.48. The van der Waals surface area contributed by atoms with Crippen molar-refractivity contribution in [2.24, 2.45) is 5.92 Å². The third-order valence-electron chi connectivity index (χ3n) is 3.41. The molecule has 1 unspecified atom stereocenters. The van der Waals surface area contributed by atoms with Crippen molar-refractivity contribution in [2.45, 2.75) is 51.9 Å². The summed E-state index contributed by atoms with van der Waals surface area (Å²) in [5.74, 6) is -0.0854.